The number of carbonyl (C=O) groups is 1. The summed E-state index contributed by atoms with van der Waals surface area (Å²) in [7, 11) is 0. The molecule has 3 aromatic rings. The molecular formula is C36H43N7O2. The van der Waals surface area contributed by atoms with Gasteiger partial charge in [0.05, 0.1) is 12.2 Å². The highest BCUT2D eigenvalue weighted by molar-refractivity contribution is 5.97. The molecular weight excluding hydrogens is 562 g/mol. The van der Waals surface area contributed by atoms with Crippen LogP contribution in [-0.4, -0.2) is 89.7 Å². The van der Waals surface area contributed by atoms with Crippen LogP contribution >= 0.6 is 0 Å². The third-order valence-corrected chi connectivity index (χ3v) is 10.1. The Morgan fingerprint density at radius 3 is 2.62 bits per heavy atom. The smallest absolute Gasteiger partial charge is 0.318 e. The highest BCUT2D eigenvalue weighted by Gasteiger charge is 2.37. The van der Waals surface area contributed by atoms with Crippen LogP contribution in [0.15, 0.2) is 49.1 Å². The number of ether oxygens (including phenoxy) is 1. The predicted octanol–water partition coefficient (Wildman–Crippen LogP) is 5.02. The lowest BCUT2D eigenvalue weighted by molar-refractivity contribution is -0.128. The molecule has 2 saturated carbocycles. The molecule has 0 N–H and O–H groups in total. The van der Waals surface area contributed by atoms with Gasteiger partial charge in [0.25, 0.3) is 0 Å². The number of amides is 1. The van der Waals surface area contributed by atoms with Crippen molar-refractivity contribution in [3.05, 3.63) is 77.3 Å². The van der Waals surface area contributed by atoms with Crippen LogP contribution in [0.4, 0.5) is 11.5 Å². The van der Waals surface area contributed by atoms with Gasteiger partial charge in [-0.3, -0.25) is 9.69 Å². The zero-order valence-corrected chi connectivity index (χ0v) is 26.3. The van der Waals surface area contributed by atoms with Crippen molar-refractivity contribution in [1.82, 2.24) is 19.8 Å². The SMILES string of the molecule is [C-]#[N+]C[C@H]1CN(c2nc(OCCN(C3CCC3)C3CC3)nc3c2CCN(c2cccc4cccc(C)c24)C3)CCN1C(=O)C=C. The Morgan fingerprint density at radius 1 is 1.09 bits per heavy atom. The highest BCUT2D eigenvalue weighted by atomic mass is 16.5. The molecule has 2 aromatic carbocycles. The number of piperazine rings is 1. The second-order valence-electron chi connectivity index (χ2n) is 13.0. The van der Waals surface area contributed by atoms with E-state index in [0.717, 1.165) is 36.6 Å². The van der Waals surface area contributed by atoms with Crippen molar-refractivity contribution >= 4 is 28.2 Å². The molecule has 7 rings (SSSR count). The monoisotopic (exact) mass is 605 g/mol. The summed E-state index contributed by atoms with van der Waals surface area (Å²) in [4.78, 5) is 35.5. The van der Waals surface area contributed by atoms with E-state index in [-0.39, 0.29) is 18.5 Å². The molecule has 0 unspecified atom stereocenters. The fraction of sp³-hybridized carbons (Fsp3) is 0.500. The van der Waals surface area contributed by atoms with Gasteiger partial charge >= 0.3 is 6.01 Å². The average Bonchev–Trinajstić information content (AvgIpc) is 3.88. The molecule has 2 aliphatic carbocycles. The number of rotatable bonds is 10. The number of carbonyl (C=O) groups excluding carboxylic acids is 1. The summed E-state index contributed by atoms with van der Waals surface area (Å²) >= 11 is 0. The normalized spacial score (nSPS) is 20.1. The Hall–Kier alpha value is -4.16. The lowest BCUT2D eigenvalue weighted by Gasteiger charge is -2.41. The first kappa shape index (κ1) is 29.5. The van der Waals surface area contributed by atoms with Gasteiger partial charge in [-0.05, 0) is 62.1 Å². The van der Waals surface area contributed by atoms with Crippen LogP contribution in [0.25, 0.3) is 15.6 Å². The predicted molar refractivity (Wildman–Crippen MR) is 178 cm³/mol. The van der Waals surface area contributed by atoms with Crippen LogP contribution in [0.3, 0.4) is 0 Å². The Kier molecular flexibility index (Phi) is 8.33. The second-order valence-corrected chi connectivity index (χ2v) is 13.0. The molecule has 234 valence electrons. The van der Waals surface area contributed by atoms with E-state index in [9.17, 15) is 4.79 Å². The summed E-state index contributed by atoms with van der Waals surface area (Å²) in [5, 5.41) is 2.53. The Bertz CT molecular complexity index is 1620. The van der Waals surface area contributed by atoms with Crippen molar-refractivity contribution in [3.63, 3.8) is 0 Å². The van der Waals surface area contributed by atoms with Crippen molar-refractivity contribution in [1.29, 1.82) is 0 Å². The van der Waals surface area contributed by atoms with Gasteiger partial charge in [-0.15, -0.1) is 0 Å². The average molecular weight is 606 g/mol. The number of benzene rings is 2. The fourth-order valence-electron chi connectivity index (χ4n) is 7.44. The molecule has 9 heteroatoms. The first-order chi connectivity index (χ1) is 22.0. The number of anilines is 2. The number of fused-ring (bicyclic) bond motifs is 2. The lowest BCUT2D eigenvalue weighted by Crippen LogP contribution is -2.56. The van der Waals surface area contributed by atoms with Crippen molar-refractivity contribution in [3.8, 4) is 6.01 Å². The third kappa shape index (κ3) is 5.96. The largest absolute Gasteiger partial charge is 0.462 e. The minimum atomic E-state index is -0.218. The number of aromatic nitrogens is 2. The molecule has 2 aliphatic heterocycles. The number of hydrogen-bond acceptors (Lipinski definition) is 7. The molecule has 4 aliphatic rings. The van der Waals surface area contributed by atoms with Crippen LogP contribution < -0.4 is 14.5 Å². The molecule has 0 spiro atoms. The summed E-state index contributed by atoms with van der Waals surface area (Å²) in [5.41, 5.74) is 4.64. The molecule has 1 atom stereocenters. The van der Waals surface area contributed by atoms with Crippen LogP contribution in [-0.2, 0) is 17.8 Å². The summed E-state index contributed by atoms with van der Waals surface area (Å²) in [6.45, 7) is 18.4. The van der Waals surface area contributed by atoms with Crippen molar-refractivity contribution < 1.29 is 9.53 Å². The van der Waals surface area contributed by atoms with E-state index in [1.807, 2.05) is 0 Å². The molecule has 3 fully saturated rings. The van der Waals surface area contributed by atoms with E-state index in [0.29, 0.717) is 50.9 Å². The maximum atomic E-state index is 12.6. The van der Waals surface area contributed by atoms with E-state index in [1.54, 1.807) is 4.90 Å². The molecule has 3 heterocycles. The maximum Gasteiger partial charge on any atom is 0.318 e. The van der Waals surface area contributed by atoms with Crippen LogP contribution in [0, 0.1) is 13.5 Å². The maximum absolute atomic E-state index is 12.6. The van der Waals surface area contributed by atoms with Crippen molar-refractivity contribution in [2.45, 2.75) is 70.1 Å². The van der Waals surface area contributed by atoms with E-state index in [2.05, 4.69) is 69.4 Å². The first-order valence-corrected chi connectivity index (χ1v) is 16.6. The van der Waals surface area contributed by atoms with E-state index in [4.69, 9.17) is 21.3 Å². The Morgan fingerprint density at radius 2 is 1.89 bits per heavy atom. The highest BCUT2D eigenvalue weighted by Crippen LogP contribution is 2.37. The summed E-state index contributed by atoms with van der Waals surface area (Å²) in [5.74, 6) is 0.771. The van der Waals surface area contributed by atoms with Crippen LogP contribution in [0.5, 0.6) is 6.01 Å². The van der Waals surface area contributed by atoms with E-state index >= 15 is 0 Å². The molecule has 1 aromatic heterocycles. The molecule has 1 saturated heterocycles. The molecule has 9 nitrogen and oxygen atoms in total. The summed E-state index contributed by atoms with van der Waals surface area (Å²) < 4.78 is 6.38. The number of nitrogens with zero attached hydrogens (tertiary/aromatic N) is 7. The van der Waals surface area contributed by atoms with E-state index in [1.165, 1.54) is 60.2 Å². The molecule has 1 amide bonds. The molecule has 0 bridgehead atoms. The van der Waals surface area contributed by atoms with Crippen molar-refractivity contribution in [2.24, 2.45) is 0 Å². The zero-order chi connectivity index (χ0) is 30.9. The van der Waals surface area contributed by atoms with Gasteiger partial charge in [0, 0.05) is 61.4 Å². The minimum absolute atomic E-state index is 0.121. The van der Waals surface area contributed by atoms with Crippen LogP contribution in [0.2, 0.25) is 0 Å². The Balaban J connectivity index is 1.18. The number of hydrogen-bond donors (Lipinski definition) is 0. The van der Waals surface area contributed by atoms with Gasteiger partial charge in [-0.25, -0.2) is 6.57 Å². The first-order valence-electron chi connectivity index (χ1n) is 16.6. The molecule has 45 heavy (non-hydrogen) atoms. The number of aryl methyl sites for hydroxylation is 1. The van der Waals surface area contributed by atoms with Gasteiger partial charge < -0.3 is 24.3 Å². The van der Waals surface area contributed by atoms with E-state index < -0.39 is 0 Å². The lowest BCUT2D eigenvalue weighted by atomic mass is 9.91. The molecule has 0 radical (unpaired) electrons. The van der Waals surface area contributed by atoms with Gasteiger partial charge in [0.1, 0.15) is 18.5 Å². The topological polar surface area (TPSA) is 69.4 Å². The van der Waals surface area contributed by atoms with Crippen molar-refractivity contribution in [2.75, 3.05) is 55.7 Å². The minimum Gasteiger partial charge on any atom is -0.462 e. The third-order valence-electron chi connectivity index (χ3n) is 10.1. The summed E-state index contributed by atoms with van der Waals surface area (Å²) in [6, 6.07) is 14.6. The zero-order valence-electron chi connectivity index (χ0n) is 26.3. The van der Waals surface area contributed by atoms with Gasteiger partial charge in [-0.1, -0.05) is 43.3 Å². The van der Waals surface area contributed by atoms with Crippen LogP contribution in [0.1, 0.15) is 48.9 Å². The quantitative estimate of drug-likeness (QED) is 0.238. The summed E-state index contributed by atoms with van der Waals surface area (Å²) in [6.07, 6.45) is 8.68. The fourth-order valence-corrected chi connectivity index (χ4v) is 7.44. The standard InChI is InChI=1S/C36H43N7O2/c1-4-33(44)43-19-18-41(23-29(43)22-37-3)35-30-16-17-40(32-13-6-10-26-9-5-8-25(2)34(26)32)24-31(30)38-36(39-35)45-21-20-42(28-14-15-28)27-11-7-12-27/h4-6,8-10,13,27-29H,1,7,11-12,14-24H2,2H3/t29-/m0/s1. The van der Waals surface area contributed by atoms with Gasteiger partial charge in [-0.2, -0.15) is 9.97 Å². The Labute approximate surface area is 266 Å². The van der Waals surface area contributed by atoms with Gasteiger partial charge in [0.2, 0.25) is 12.5 Å². The van der Waals surface area contributed by atoms with Gasteiger partial charge in [0.15, 0.2) is 0 Å². The second kappa shape index (κ2) is 12.7.